The van der Waals surface area contributed by atoms with Gasteiger partial charge in [-0.2, -0.15) is 13.2 Å². The Morgan fingerprint density at radius 3 is 2.26 bits per heavy atom. The molecule has 0 aromatic heterocycles. The molecule has 0 atom stereocenters. The third kappa shape index (κ3) is 7.51. The number of thioether (sulfide) groups is 1. The molecule has 0 radical (unpaired) electrons. The van der Waals surface area contributed by atoms with Gasteiger partial charge in [0.05, 0.1) is 39.1 Å². The summed E-state index contributed by atoms with van der Waals surface area (Å²) >= 11 is 1.29. The van der Waals surface area contributed by atoms with Crippen LogP contribution in [0.2, 0.25) is 0 Å². The minimum Gasteiger partial charge on any atom is -0.478 e. The molecule has 0 aliphatic carbocycles. The maximum Gasteiger partial charge on any atom is 0.416 e. The van der Waals surface area contributed by atoms with Crippen molar-refractivity contribution in [2.45, 2.75) is 68.3 Å². The van der Waals surface area contributed by atoms with Crippen LogP contribution in [0, 0.1) is 5.41 Å². The Balaban J connectivity index is 2.26. The highest BCUT2D eigenvalue weighted by atomic mass is 32.2. The van der Waals surface area contributed by atoms with Gasteiger partial charge in [0.15, 0.2) is 9.84 Å². The molecule has 1 heterocycles. The zero-order chi connectivity index (χ0) is 28.8. The highest BCUT2D eigenvalue weighted by molar-refractivity contribution is 7.98. The van der Waals surface area contributed by atoms with Crippen LogP contribution >= 0.6 is 11.8 Å². The Morgan fingerprint density at radius 2 is 1.74 bits per heavy atom. The average molecular weight is 586 g/mol. The van der Waals surface area contributed by atoms with Gasteiger partial charge in [-0.05, 0) is 49.4 Å². The summed E-state index contributed by atoms with van der Waals surface area (Å²) in [7, 11) is -3.86. The van der Waals surface area contributed by atoms with Crippen molar-refractivity contribution >= 4 is 38.9 Å². The van der Waals surface area contributed by atoms with E-state index in [1.165, 1.54) is 30.0 Å². The molecule has 2 aromatic rings. The van der Waals surface area contributed by atoms with E-state index < -0.39 is 33.0 Å². The van der Waals surface area contributed by atoms with Gasteiger partial charge in [0.1, 0.15) is 5.75 Å². The molecule has 0 fully saturated rings. The highest BCUT2D eigenvalue weighted by Gasteiger charge is 2.42. The van der Waals surface area contributed by atoms with Crippen molar-refractivity contribution in [3.63, 3.8) is 0 Å². The molecule has 39 heavy (non-hydrogen) atoms. The number of carbonyl (C=O) groups is 1. The van der Waals surface area contributed by atoms with Gasteiger partial charge in [0.2, 0.25) is 0 Å². The number of nitrogens with zero attached hydrogens (tertiary/aromatic N) is 1. The summed E-state index contributed by atoms with van der Waals surface area (Å²) < 4.78 is 73.4. The van der Waals surface area contributed by atoms with E-state index in [0.29, 0.717) is 35.7 Å². The molecular formula is C28H34F3NO5S2. The lowest BCUT2D eigenvalue weighted by Crippen LogP contribution is -2.38. The molecule has 2 aromatic carbocycles. The third-order valence-electron chi connectivity index (χ3n) is 6.89. The summed E-state index contributed by atoms with van der Waals surface area (Å²) in [5.74, 6) is -1.13. The first kappa shape index (κ1) is 30.9. The van der Waals surface area contributed by atoms with E-state index >= 15 is 0 Å². The number of fused-ring (bicyclic) bond motifs is 1. The predicted octanol–water partition coefficient (Wildman–Crippen LogP) is 7.70. The zero-order valence-corrected chi connectivity index (χ0v) is 23.9. The van der Waals surface area contributed by atoms with E-state index in [2.05, 4.69) is 0 Å². The van der Waals surface area contributed by atoms with Crippen molar-refractivity contribution in [2.24, 2.45) is 5.41 Å². The van der Waals surface area contributed by atoms with E-state index in [0.717, 1.165) is 50.2 Å². The quantitative estimate of drug-likeness (QED) is 0.164. The predicted molar refractivity (Wildman–Crippen MR) is 148 cm³/mol. The Labute approximate surface area is 232 Å². The number of benzene rings is 2. The molecule has 3 rings (SSSR count). The first-order valence-corrected chi connectivity index (χ1v) is 15.7. The SMILES string of the molecule is CCCCC1(CCCC)CN(c2ccc(C(F)(F)F)cc2)c2cc(SC)c(OC=CC(=O)O)cc2S(=O)(=O)C1. The van der Waals surface area contributed by atoms with Crippen molar-refractivity contribution in [3.05, 3.63) is 54.3 Å². The third-order valence-corrected chi connectivity index (χ3v) is 9.64. The molecule has 6 nitrogen and oxygen atoms in total. The standard InChI is InChI=1S/C28H34F3NO5S2/c1-4-6-13-27(14-7-5-2)18-32(21-10-8-20(9-11-21)28(29,30)31)22-16-24(38-3)23(37-15-12-26(33)34)17-25(22)39(35,36)19-27/h8-12,15-17H,4-7,13-14,18-19H2,1-3H3,(H,33,34). The second-order valence-corrected chi connectivity index (χ2v) is 12.6. The molecule has 1 aliphatic rings. The monoisotopic (exact) mass is 585 g/mol. The van der Waals surface area contributed by atoms with E-state index in [9.17, 15) is 26.4 Å². The van der Waals surface area contributed by atoms with Crippen LogP contribution in [0.15, 0.2) is 58.5 Å². The van der Waals surface area contributed by atoms with Crippen LogP contribution < -0.4 is 9.64 Å². The lowest BCUT2D eigenvalue weighted by molar-refractivity contribution is -0.137. The number of aliphatic carboxylic acids is 1. The molecule has 0 spiro atoms. The number of rotatable bonds is 11. The Kier molecular flexibility index (Phi) is 10.0. The molecule has 0 unspecified atom stereocenters. The molecule has 0 saturated heterocycles. The van der Waals surface area contributed by atoms with Gasteiger partial charge in [-0.3, -0.25) is 0 Å². The Bertz CT molecular complexity index is 1280. The van der Waals surface area contributed by atoms with Crippen LogP contribution in [0.3, 0.4) is 0 Å². The molecular weight excluding hydrogens is 551 g/mol. The fourth-order valence-corrected chi connectivity index (χ4v) is 7.60. The van der Waals surface area contributed by atoms with Gasteiger partial charge in [0.25, 0.3) is 0 Å². The minimum atomic E-state index is -4.49. The van der Waals surface area contributed by atoms with Gasteiger partial charge in [-0.15, -0.1) is 11.8 Å². The number of hydrogen-bond acceptors (Lipinski definition) is 6. The van der Waals surface area contributed by atoms with Crippen molar-refractivity contribution in [1.29, 1.82) is 0 Å². The maximum absolute atomic E-state index is 14.0. The van der Waals surface area contributed by atoms with Crippen LogP contribution in [-0.2, 0) is 20.8 Å². The fraction of sp³-hybridized carbons (Fsp3) is 0.464. The smallest absolute Gasteiger partial charge is 0.416 e. The van der Waals surface area contributed by atoms with E-state index in [4.69, 9.17) is 9.84 Å². The minimum absolute atomic E-state index is 0.00814. The molecule has 11 heteroatoms. The van der Waals surface area contributed by atoms with Gasteiger partial charge < -0.3 is 14.7 Å². The molecule has 0 saturated carbocycles. The number of anilines is 2. The van der Waals surface area contributed by atoms with Crippen LogP contribution in [-0.4, -0.2) is 38.0 Å². The van der Waals surface area contributed by atoms with Crippen molar-refractivity contribution in [3.8, 4) is 5.75 Å². The summed E-state index contributed by atoms with van der Waals surface area (Å²) in [6, 6.07) is 7.85. The van der Waals surface area contributed by atoms with Gasteiger partial charge >= 0.3 is 12.1 Å². The van der Waals surface area contributed by atoms with Gasteiger partial charge in [0, 0.05) is 23.7 Å². The Hall–Kier alpha value is -2.66. The normalized spacial score (nSPS) is 16.6. The summed E-state index contributed by atoms with van der Waals surface area (Å²) in [6.45, 7) is 4.41. The largest absolute Gasteiger partial charge is 0.478 e. The van der Waals surface area contributed by atoms with Gasteiger partial charge in [-0.1, -0.05) is 39.5 Å². The number of halogens is 3. The molecule has 0 bridgehead atoms. The maximum atomic E-state index is 14.0. The van der Waals surface area contributed by atoms with E-state index in [1.807, 2.05) is 18.7 Å². The highest BCUT2D eigenvalue weighted by Crippen LogP contribution is 2.48. The lowest BCUT2D eigenvalue weighted by Gasteiger charge is -2.37. The van der Waals surface area contributed by atoms with Crippen LogP contribution in [0.25, 0.3) is 0 Å². The van der Waals surface area contributed by atoms with Crippen LogP contribution in [0.4, 0.5) is 24.5 Å². The number of sulfone groups is 1. The number of unbranched alkanes of at least 4 members (excludes halogenated alkanes) is 2. The number of hydrogen-bond donors (Lipinski definition) is 1. The molecule has 1 N–H and O–H groups in total. The second-order valence-electron chi connectivity index (χ2n) is 9.83. The number of ether oxygens (including phenoxy) is 1. The van der Waals surface area contributed by atoms with E-state index in [-0.39, 0.29) is 16.4 Å². The van der Waals surface area contributed by atoms with Crippen molar-refractivity contribution in [2.75, 3.05) is 23.5 Å². The van der Waals surface area contributed by atoms with Gasteiger partial charge in [-0.25, -0.2) is 13.2 Å². The van der Waals surface area contributed by atoms with Crippen LogP contribution in [0.5, 0.6) is 5.75 Å². The van der Waals surface area contributed by atoms with E-state index in [1.54, 1.807) is 12.3 Å². The second kappa shape index (κ2) is 12.7. The number of carboxylic acid groups (broad SMARTS) is 1. The molecule has 214 valence electrons. The summed E-state index contributed by atoms with van der Waals surface area (Å²) in [6.07, 6.45) is 3.79. The van der Waals surface area contributed by atoms with Crippen molar-refractivity contribution in [1.82, 2.24) is 0 Å². The number of alkyl halides is 3. The van der Waals surface area contributed by atoms with Crippen molar-refractivity contribution < 1.29 is 36.2 Å². The topological polar surface area (TPSA) is 83.9 Å². The Morgan fingerprint density at radius 1 is 1.13 bits per heavy atom. The number of carboxylic acids is 1. The lowest BCUT2D eigenvalue weighted by atomic mass is 9.79. The molecule has 0 amide bonds. The fourth-order valence-electron chi connectivity index (χ4n) is 4.95. The summed E-state index contributed by atoms with van der Waals surface area (Å²) in [5, 5.41) is 8.92. The zero-order valence-electron chi connectivity index (χ0n) is 22.3. The summed E-state index contributed by atoms with van der Waals surface area (Å²) in [4.78, 5) is 13.3. The summed E-state index contributed by atoms with van der Waals surface area (Å²) in [5.41, 5.74) is -0.569. The average Bonchev–Trinajstić information content (AvgIpc) is 2.97. The first-order chi connectivity index (χ1) is 18.4. The molecule has 1 aliphatic heterocycles. The van der Waals surface area contributed by atoms with Crippen LogP contribution in [0.1, 0.15) is 57.9 Å². The first-order valence-electron chi connectivity index (χ1n) is 12.8.